The molecular weight excluding hydrogens is 292 g/mol. The average molecular weight is 306 g/mol. The molecule has 2 aromatic rings. The number of carbonyl (C=O) groups excluding carboxylic acids is 1. The Hall–Kier alpha value is -3.26. The van der Waals surface area contributed by atoms with Crippen LogP contribution in [-0.4, -0.2) is 12.7 Å². The molecule has 1 heterocycles. The van der Waals surface area contributed by atoms with Crippen molar-refractivity contribution in [2.24, 2.45) is 0 Å². The van der Waals surface area contributed by atoms with E-state index in [0.717, 1.165) is 11.1 Å². The van der Waals surface area contributed by atoms with Gasteiger partial charge in [-0.15, -0.1) is 0 Å². The van der Waals surface area contributed by atoms with Gasteiger partial charge in [0, 0.05) is 11.8 Å². The zero-order chi connectivity index (χ0) is 16.2. The number of nitriles is 1. The van der Waals surface area contributed by atoms with Crippen molar-refractivity contribution in [2.45, 2.75) is 6.92 Å². The van der Waals surface area contributed by atoms with E-state index in [9.17, 15) is 10.1 Å². The Bertz CT molecular complexity index is 834. The number of nitrogens with one attached hydrogen (secondary N) is 1. The number of ether oxygens (including phenoxy) is 2. The third-order valence-electron chi connectivity index (χ3n) is 3.35. The van der Waals surface area contributed by atoms with Crippen molar-refractivity contribution in [1.82, 2.24) is 0 Å². The molecule has 3 rings (SSSR count). The maximum Gasteiger partial charge on any atom is 0.266 e. The molecule has 0 aliphatic carbocycles. The summed E-state index contributed by atoms with van der Waals surface area (Å²) in [6, 6.07) is 14.6. The summed E-state index contributed by atoms with van der Waals surface area (Å²) in [6.45, 7) is 2.12. The highest BCUT2D eigenvalue weighted by molar-refractivity contribution is 6.09. The number of aryl methyl sites for hydroxylation is 1. The molecule has 0 atom stereocenters. The molecule has 114 valence electrons. The fraction of sp³-hybridized carbons (Fsp3) is 0.111. The van der Waals surface area contributed by atoms with Crippen LogP contribution in [-0.2, 0) is 4.79 Å². The normalized spacial score (nSPS) is 12.6. The van der Waals surface area contributed by atoms with E-state index in [2.05, 4.69) is 5.32 Å². The largest absolute Gasteiger partial charge is 0.454 e. The molecule has 23 heavy (non-hydrogen) atoms. The smallest absolute Gasteiger partial charge is 0.266 e. The minimum Gasteiger partial charge on any atom is -0.454 e. The number of carbonyl (C=O) groups is 1. The summed E-state index contributed by atoms with van der Waals surface area (Å²) in [4.78, 5) is 12.3. The number of fused-ring (bicyclic) bond motifs is 1. The summed E-state index contributed by atoms with van der Waals surface area (Å²) in [5, 5.41) is 11.9. The zero-order valence-electron chi connectivity index (χ0n) is 12.5. The van der Waals surface area contributed by atoms with Crippen molar-refractivity contribution in [3.63, 3.8) is 0 Å². The molecule has 0 bridgehead atoms. The standard InChI is InChI=1S/C18H14N2O3/c1-12-3-2-4-13(7-12)8-14(10-19)18(21)20-15-5-6-16-17(9-15)23-11-22-16/h2-9H,11H2,1H3,(H,20,21)/b14-8+. The number of amides is 1. The molecule has 5 nitrogen and oxygen atoms in total. The molecule has 0 saturated carbocycles. The zero-order valence-corrected chi connectivity index (χ0v) is 12.5. The van der Waals surface area contributed by atoms with E-state index < -0.39 is 5.91 Å². The van der Waals surface area contributed by atoms with Crippen molar-refractivity contribution in [3.05, 3.63) is 59.2 Å². The highest BCUT2D eigenvalue weighted by Gasteiger charge is 2.15. The molecule has 1 aliphatic rings. The van der Waals surface area contributed by atoms with Crippen LogP contribution in [0, 0.1) is 18.3 Å². The summed E-state index contributed by atoms with van der Waals surface area (Å²) in [6.07, 6.45) is 1.56. The number of anilines is 1. The minimum atomic E-state index is -0.465. The van der Waals surface area contributed by atoms with E-state index in [1.54, 1.807) is 24.3 Å². The summed E-state index contributed by atoms with van der Waals surface area (Å²) >= 11 is 0. The molecule has 0 aromatic heterocycles. The van der Waals surface area contributed by atoms with Gasteiger partial charge in [-0.2, -0.15) is 5.26 Å². The molecule has 1 N–H and O–H groups in total. The maximum atomic E-state index is 12.3. The Kier molecular flexibility index (Phi) is 3.98. The van der Waals surface area contributed by atoms with E-state index in [4.69, 9.17) is 9.47 Å². The van der Waals surface area contributed by atoms with Gasteiger partial charge < -0.3 is 14.8 Å². The van der Waals surface area contributed by atoms with E-state index in [1.807, 2.05) is 37.3 Å². The van der Waals surface area contributed by atoms with Crippen LogP contribution in [0.4, 0.5) is 5.69 Å². The molecule has 0 fully saturated rings. The second-order valence-electron chi connectivity index (χ2n) is 5.11. The van der Waals surface area contributed by atoms with E-state index in [0.29, 0.717) is 17.2 Å². The maximum absolute atomic E-state index is 12.3. The van der Waals surface area contributed by atoms with Crippen LogP contribution in [0.1, 0.15) is 11.1 Å². The predicted molar refractivity (Wildman–Crippen MR) is 86.0 cm³/mol. The molecule has 1 amide bonds. The SMILES string of the molecule is Cc1cccc(/C=C(\C#N)C(=O)Nc2ccc3c(c2)OCO3)c1. The van der Waals surface area contributed by atoms with Gasteiger partial charge in [0.15, 0.2) is 11.5 Å². The Labute approximate surface area is 133 Å². The number of nitrogens with zero attached hydrogens (tertiary/aromatic N) is 1. The van der Waals surface area contributed by atoms with Gasteiger partial charge in [-0.25, -0.2) is 0 Å². The third kappa shape index (κ3) is 3.33. The fourth-order valence-corrected chi connectivity index (χ4v) is 2.25. The Morgan fingerprint density at radius 2 is 2.04 bits per heavy atom. The van der Waals surface area contributed by atoms with Crippen LogP contribution >= 0.6 is 0 Å². The molecular formula is C18H14N2O3. The summed E-state index contributed by atoms with van der Waals surface area (Å²) in [7, 11) is 0. The average Bonchev–Trinajstić information content (AvgIpc) is 3.00. The predicted octanol–water partition coefficient (Wildman–Crippen LogP) is 3.27. The topological polar surface area (TPSA) is 71.4 Å². The van der Waals surface area contributed by atoms with Gasteiger partial charge in [0.05, 0.1) is 0 Å². The van der Waals surface area contributed by atoms with Gasteiger partial charge in [0.25, 0.3) is 5.91 Å². The molecule has 0 radical (unpaired) electrons. The number of hydrogen-bond donors (Lipinski definition) is 1. The van der Waals surface area contributed by atoms with Crippen LogP contribution in [0.25, 0.3) is 6.08 Å². The molecule has 5 heteroatoms. The van der Waals surface area contributed by atoms with E-state index in [1.165, 1.54) is 0 Å². The Balaban J connectivity index is 1.79. The second kappa shape index (κ2) is 6.24. The number of hydrogen-bond acceptors (Lipinski definition) is 4. The van der Waals surface area contributed by atoms with E-state index in [-0.39, 0.29) is 12.4 Å². The van der Waals surface area contributed by atoms with Crippen molar-refractivity contribution in [2.75, 3.05) is 12.1 Å². The van der Waals surface area contributed by atoms with Crippen LogP contribution in [0.15, 0.2) is 48.0 Å². The van der Waals surface area contributed by atoms with Crippen LogP contribution in [0.3, 0.4) is 0 Å². The first-order valence-electron chi connectivity index (χ1n) is 7.05. The molecule has 1 aliphatic heterocycles. The Morgan fingerprint density at radius 1 is 1.22 bits per heavy atom. The Morgan fingerprint density at radius 3 is 2.83 bits per heavy atom. The molecule has 0 saturated heterocycles. The van der Waals surface area contributed by atoms with Gasteiger partial charge in [-0.05, 0) is 30.7 Å². The summed E-state index contributed by atoms with van der Waals surface area (Å²) in [5.74, 6) is 0.746. The first-order chi connectivity index (χ1) is 11.2. The van der Waals surface area contributed by atoms with Crippen molar-refractivity contribution >= 4 is 17.7 Å². The lowest BCUT2D eigenvalue weighted by Gasteiger charge is -2.05. The third-order valence-corrected chi connectivity index (χ3v) is 3.35. The quantitative estimate of drug-likeness (QED) is 0.698. The monoisotopic (exact) mass is 306 g/mol. The van der Waals surface area contributed by atoms with Gasteiger partial charge >= 0.3 is 0 Å². The molecule has 0 unspecified atom stereocenters. The molecule has 0 spiro atoms. The van der Waals surface area contributed by atoms with Crippen molar-refractivity contribution in [3.8, 4) is 17.6 Å². The lowest BCUT2D eigenvalue weighted by molar-refractivity contribution is -0.112. The minimum absolute atomic E-state index is 0.0354. The number of benzene rings is 2. The highest BCUT2D eigenvalue weighted by atomic mass is 16.7. The van der Waals surface area contributed by atoms with Crippen molar-refractivity contribution in [1.29, 1.82) is 5.26 Å². The van der Waals surface area contributed by atoms with Gasteiger partial charge in [0.2, 0.25) is 6.79 Å². The van der Waals surface area contributed by atoms with Crippen LogP contribution < -0.4 is 14.8 Å². The molecule has 2 aromatic carbocycles. The number of rotatable bonds is 3. The first-order valence-corrected chi connectivity index (χ1v) is 7.05. The first kappa shape index (κ1) is 14.7. The fourth-order valence-electron chi connectivity index (χ4n) is 2.25. The lowest BCUT2D eigenvalue weighted by Crippen LogP contribution is -2.13. The van der Waals surface area contributed by atoms with Gasteiger partial charge in [-0.1, -0.05) is 29.8 Å². The summed E-state index contributed by atoms with van der Waals surface area (Å²) < 4.78 is 10.5. The van der Waals surface area contributed by atoms with Gasteiger partial charge in [-0.3, -0.25) is 4.79 Å². The summed E-state index contributed by atoms with van der Waals surface area (Å²) in [5.41, 5.74) is 2.45. The van der Waals surface area contributed by atoms with Crippen LogP contribution in [0.2, 0.25) is 0 Å². The highest BCUT2D eigenvalue weighted by Crippen LogP contribution is 2.34. The van der Waals surface area contributed by atoms with Crippen molar-refractivity contribution < 1.29 is 14.3 Å². The van der Waals surface area contributed by atoms with Gasteiger partial charge in [0.1, 0.15) is 11.6 Å². The van der Waals surface area contributed by atoms with E-state index >= 15 is 0 Å². The second-order valence-corrected chi connectivity index (χ2v) is 5.11. The lowest BCUT2D eigenvalue weighted by atomic mass is 10.1. The van der Waals surface area contributed by atoms with Crippen LogP contribution in [0.5, 0.6) is 11.5 Å².